The van der Waals surface area contributed by atoms with E-state index in [4.69, 9.17) is 9.47 Å². The second-order valence-electron chi connectivity index (χ2n) is 5.41. The fourth-order valence-electron chi connectivity index (χ4n) is 2.34. The van der Waals surface area contributed by atoms with Gasteiger partial charge in [-0.15, -0.1) is 0 Å². The number of methoxy groups -OCH3 is 1. The molecular weight excluding hydrogens is 254 g/mol. The summed E-state index contributed by atoms with van der Waals surface area (Å²) in [5, 5.41) is 13.2. The van der Waals surface area contributed by atoms with Crippen LogP contribution >= 0.6 is 0 Å². The van der Waals surface area contributed by atoms with Gasteiger partial charge in [-0.05, 0) is 31.0 Å². The maximum absolute atomic E-state index is 9.88. The molecule has 0 amide bonds. The molecule has 20 heavy (non-hydrogen) atoms. The molecule has 1 unspecified atom stereocenters. The first-order valence-electron chi connectivity index (χ1n) is 7.44. The Morgan fingerprint density at radius 2 is 2.05 bits per heavy atom. The first kappa shape index (κ1) is 15.1. The van der Waals surface area contributed by atoms with Gasteiger partial charge in [-0.3, -0.25) is 0 Å². The van der Waals surface area contributed by atoms with Crippen molar-refractivity contribution in [2.24, 2.45) is 5.92 Å². The second-order valence-corrected chi connectivity index (χ2v) is 5.41. The highest BCUT2D eigenvalue weighted by Crippen LogP contribution is 2.28. The molecule has 2 rings (SSSR count). The lowest BCUT2D eigenvalue weighted by Crippen LogP contribution is -2.33. The van der Waals surface area contributed by atoms with E-state index >= 15 is 0 Å². The molecule has 2 N–H and O–H groups in total. The lowest BCUT2D eigenvalue weighted by atomic mass is 9.83. The zero-order valence-electron chi connectivity index (χ0n) is 12.2. The van der Waals surface area contributed by atoms with Crippen LogP contribution in [0.25, 0.3) is 0 Å². The van der Waals surface area contributed by atoms with Gasteiger partial charge in [0, 0.05) is 6.54 Å². The molecule has 0 bridgehead atoms. The number of nitrogens with one attached hydrogen (secondary N) is 1. The number of aliphatic hydroxyl groups is 1. The summed E-state index contributed by atoms with van der Waals surface area (Å²) >= 11 is 0. The van der Waals surface area contributed by atoms with Crippen LogP contribution in [0.2, 0.25) is 0 Å². The average Bonchev–Trinajstić information content (AvgIpc) is 2.43. The van der Waals surface area contributed by atoms with Crippen molar-refractivity contribution in [1.82, 2.24) is 5.32 Å². The minimum Gasteiger partial charge on any atom is -0.493 e. The van der Waals surface area contributed by atoms with Crippen LogP contribution in [0.4, 0.5) is 0 Å². The monoisotopic (exact) mass is 279 g/mol. The fraction of sp³-hybridized carbons (Fsp3) is 0.625. The van der Waals surface area contributed by atoms with Gasteiger partial charge in [-0.25, -0.2) is 0 Å². The average molecular weight is 279 g/mol. The number of para-hydroxylation sites is 2. The Kier molecular flexibility index (Phi) is 6.15. The Hall–Kier alpha value is -1.26. The van der Waals surface area contributed by atoms with Gasteiger partial charge < -0.3 is 19.9 Å². The molecule has 0 aliphatic heterocycles. The molecule has 0 aromatic heterocycles. The number of hydrogen-bond donors (Lipinski definition) is 2. The summed E-state index contributed by atoms with van der Waals surface area (Å²) < 4.78 is 10.8. The summed E-state index contributed by atoms with van der Waals surface area (Å²) in [6.45, 7) is 1.83. The summed E-state index contributed by atoms with van der Waals surface area (Å²) in [7, 11) is 1.61. The van der Waals surface area contributed by atoms with E-state index in [9.17, 15) is 5.11 Å². The van der Waals surface area contributed by atoms with Gasteiger partial charge in [0.15, 0.2) is 11.5 Å². The summed E-state index contributed by atoms with van der Waals surface area (Å²) in [6.07, 6.45) is 4.86. The van der Waals surface area contributed by atoms with Crippen molar-refractivity contribution in [2.75, 3.05) is 26.8 Å². The molecule has 4 heteroatoms. The smallest absolute Gasteiger partial charge is 0.161 e. The van der Waals surface area contributed by atoms with Gasteiger partial charge in [0.1, 0.15) is 12.7 Å². The van der Waals surface area contributed by atoms with Crippen molar-refractivity contribution in [1.29, 1.82) is 0 Å². The lowest BCUT2D eigenvalue weighted by molar-refractivity contribution is 0.104. The van der Waals surface area contributed by atoms with Crippen LogP contribution in [0.1, 0.15) is 25.7 Å². The van der Waals surface area contributed by atoms with Crippen molar-refractivity contribution in [3.8, 4) is 11.5 Å². The van der Waals surface area contributed by atoms with Crippen molar-refractivity contribution in [3.63, 3.8) is 0 Å². The topological polar surface area (TPSA) is 50.7 Å². The first-order valence-corrected chi connectivity index (χ1v) is 7.44. The van der Waals surface area contributed by atoms with E-state index in [0.717, 1.165) is 12.5 Å². The normalized spacial score (nSPS) is 16.5. The van der Waals surface area contributed by atoms with Gasteiger partial charge in [-0.1, -0.05) is 31.4 Å². The highest BCUT2D eigenvalue weighted by Gasteiger charge is 2.16. The predicted octanol–water partition coefficient (Wildman–Crippen LogP) is 2.21. The maximum atomic E-state index is 9.88. The van der Waals surface area contributed by atoms with Crippen molar-refractivity contribution < 1.29 is 14.6 Å². The number of benzene rings is 1. The molecule has 1 aromatic carbocycles. The second kappa shape index (κ2) is 8.12. The standard InChI is InChI=1S/C16H25NO3/c1-19-15-7-2-3-8-16(15)20-12-14(18)11-17-10-9-13-5-4-6-13/h2-3,7-8,13-14,17-18H,4-6,9-12H2,1H3. The fourth-order valence-corrected chi connectivity index (χ4v) is 2.34. The molecule has 4 nitrogen and oxygen atoms in total. The molecule has 1 fully saturated rings. The Morgan fingerprint density at radius 3 is 2.70 bits per heavy atom. The maximum Gasteiger partial charge on any atom is 0.161 e. The van der Waals surface area contributed by atoms with Crippen molar-refractivity contribution in [2.45, 2.75) is 31.8 Å². The third-order valence-corrected chi connectivity index (χ3v) is 3.83. The molecule has 0 saturated heterocycles. The quantitative estimate of drug-likeness (QED) is 0.681. The van der Waals surface area contributed by atoms with Crippen LogP contribution in [0.5, 0.6) is 11.5 Å². The first-order chi connectivity index (χ1) is 9.79. The molecule has 0 spiro atoms. The van der Waals surface area contributed by atoms with Crippen molar-refractivity contribution in [3.05, 3.63) is 24.3 Å². The molecular formula is C16H25NO3. The van der Waals surface area contributed by atoms with Gasteiger partial charge in [0.05, 0.1) is 7.11 Å². The van der Waals surface area contributed by atoms with E-state index < -0.39 is 6.10 Å². The zero-order valence-corrected chi connectivity index (χ0v) is 12.2. The Bertz CT molecular complexity index is 393. The zero-order chi connectivity index (χ0) is 14.2. The third-order valence-electron chi connectivity index (χ3n) is 3.83. The molecule has 1 saturated carbocycles. The minimum atomic E-state index is -0.499. The van der Waals surface area contributed by atoms with Crippen LogP contribution in [-0.2, 0) is 0 Å². The summed E-state index contributed by atoms with van der Waals surface area (Å²) in [4.78, 5) is 0. The molecule has 1 aliphatic carbocycles. The van der Waals surface area contributed by atoms with Crippen LogP contribution in [0, 0.1) is 5.92 Å². The predicted molar refractivity (Wildman–Crippen MR) is 79.3 cm³/mol. The van der Waals surface area contributed by atoms with E-state index in [-0.39, 0.29) is 6.61 Å². The minimum absolute atomic E-state index is 0.275. The number of ether oxygens (including phenoxy) is 2. The van der Waals surface area contributed by atoms with E-state index in [1.165, 1.54) is 25.7 Å². The van der Waals surface area contributed by atoms with Gasteiger partial charge in [0.25, 0.3) is 0 Å². The highest BCUT2D eigenvalue weighted by molar-refractivity contribution is 5.39. The van der Waals surface area contributed by atoms with Gasteiger partial charge in [-0.2, -0.15) is 0 Å². The Balaban J connectivity index is 1.60. The molecule has 1 aliphatic rings. The number of rotatable bonds is 9. The molecule has 0 heterocycles. The molecule has 112 valence electrons. The van der Waals surface area contributed by atoms with E-state index in [1.807, 2.05) is 24.3 Å². The summed E-state index contributed by atoms with van der Waals surface area (Å²) in [5.41, 5.74) is 0. The summed E-state index contributed by atoms with van der Waals surface area (Å²) in [6, 6.07) is 7.47. The molecule has 1 atom stereocenters. The summed E-state index contributed by atoms with van der Waals surface area (Å²) in [5.74, 6) is 2.27. The number of aliphatic hydroxyl groups excluding tert-OH is 1. The highest BCUT2D eigenvalue weighted by atomic mass is 16.5. The van der Waals surface area contributed by atoms with Crippen LogP contribution in [0.3, 0.4) is 0 Å². The third kappa shape index (κ3) is 4.69. The van der Waals surface area contributed by atoms with E-state index in [0.29, 0.717) is 18.0 Å². The van der Waals surface area contributed by atoms with Gasteiger partial charge >= 0.3 is 0 Å². The molecule has 0 radical (unpaired) electrons. The van der Waals surface area contributed by atoms with Crippen LogP contribution in [0.15, 0.2) is 24.3 Å². The van der Waals surface area contributed by atoms with Crippen LogP contribution < -0.4 is 14.8 Å². The van der Waals surface area contributed by atoms with Gasteiger partial charge in [0.2, 0.25) is 0 Å². The van der Waals surface area contributed by atoms with Crippen molar-refractivity contribution >= 4 is 0 Å². The lowest BCUT2D eigenvalue weighted by Gasteiger charge is -2.25. The largest absolute Gasteiger partial charge is 0.493 e. The van der Waals surface area contributed by atoms with Crippen LogP contribution in [-0.4, -0.2) is 38.0 Å². The number of hydrogen-bond acceptors (Lipinski definition) is 4. The Labute approximate surface area is 121 Å². The van der Waals surface area contributed by atoms with E-state index in [2.05, 4.69) is 5.32 Å². The Morgan fingerprint density at radius 1 is 1.30 bits per heavy atom. The molecule has 1 aromatic rings. The SMILES string of the molecule is COc1ccccc1OCC(O)CNCCC1CCC1. The van der Waals surface area contributed by atoms with E-state index in [1.54, 1.807) is 7.11 Å².